The van der Waals surface area contributed by atoms with E-state index in [1.54, 1.807) is 6.08 Å². The molecule has 0 radical (unpaired) electrons. The molecule has 0 aliphatic rings. The van der Waals surface area contributed by atoms with Gasteiger partial charge >= 0.3 is 5.97 Å². The molecule has 0 atom stereocenters. The van der Waals surface area contributed by atoms with Gasteiger partial charge in [-0.2, -0.15) is 0 Å². The Labute approximate surface area is 66.9 Å². The zero-order chi connectivity index (χ0) is 8.69. The molecule has 0 heterocycles. The van der Waals surface area contributed by atoms with Crippen LogP contribution in [0.4, 0.5) is 0 Å². The van der Waals surface area contributed by atoms with Gasteiger partial charge in [-0.25, -0.2) is 4.79 Å². The van der Waals surface area contributed by atoms with E-state index in [1.165, 1.54) is 6.26 Å². The first-order valence-electron chi connectivity index (χ1n) is 3.33. The van der Waals surface area contributed by atoms with Crippen LogP contribution in [-0.2, 0) is 9.53 Å². The van der Waals surface area contributed by atoms with Crippen LogP contribution in [0.2, 0.25) is 0 Å². The van der Waals surface area contributed by atoms with Gasteiger partial charge < -0.3 is 4.74 Å². The monoisotopic (exact) mass is 152 g/mol. The molecule has 0 spiro atoms. The zero-order valence-corrected chi connectivity index (χ0v) is 6.83. The minimum absolute atomic E-state index is 0.440. The fourth-order valence-electron chi connectivity index (χ4n) is 0.353. The Balaban J connectivity index is 3.78. The molecule has 0 aliphatic carbocycles. The highest BCUT2D eigenvalue weighted by atomic mass is 16.5. The molecular weight excluding hydrogens is 140 g/mol. The Morgan fingerprint density at radius 3 is 2.64 bits per heavy atom. The van der Waals surface area contributed by atoms with Crippen molar-refractivity contribution in [2.24, 2.45) is 0 Å². The van der Waals surface area contributed by atoms with E-state index in [1.807, 2.05) is 19.9 Å². The lowest BCUT2D eigenvalue weighted by Gasteiger charge is -1.91. The molecule has 2 nitrogen and oxygen atoms in total. The van der Waals surface area contributed by atoms with Crippen molar-refractivity contribution in [3.8, 4) is 0 Å². The molecule has 0 N–H and O–H groups in total. The molecule has 0 saturated heterocycles. The summed E-state index contributed by atoms with van der Waals surface area (Å²) in [6.07, 6.45) is 6.09. The van der Waals surface area contributed by atoms with Crippen molar-refractivity contribution < 1.29 is 9.53 Å². The zero-order valence-electron chi connectivity index (χ0n) is 6.83. The predicted octanol–water partition coefficient (Wildman–Crippen LogP) is 2.20. The average Bonchev–Trinajstić information content (AvgIpc) is 2.04. The smallest absolute Gasteiger partial charge is 0.334 e. The van der Waals surface area contributed by atoms with Crippen molar-refractivity contribution in [3.05, 3.63) is 36.6 Å². The second-order valence-electron chi connectivity index (χ2n) is 1.98. The first-order chi connectivity index (χ1) is 5.20. The molecule has 0 unspecified atom stereocenters. The molecule has 11 heavy (non-hydrogen) atoms. The van der Waals surface area contributed by atoms with E-state index in [0.717, 1.165) is 11.6 Å². The summed E-state index contributed by atoms with van der Waals surface area (Å²) < 4.78 is 4.59. The molecule has 0 rings (SSSR count). The lowest BCUT2D eigenvalue weighted by Crippen LogP contribution is -1.91. The molecule has 0 aromatic heterocycles. The molecule has 2 heteroatoms. The second-order valence-corrected chi connectivity index (χ2v) is 1.98. The van der Waals surface area contributed by atoms with Crippen molar-refractivity contribution in [1.29, 1.82) is 0 Å². The quantitative estimate of drug-likeness (QED) is 0.268. The van der Waals surface area contributed by atoms with Gasteiger partial charge in [-0.05, 0) is 19.9 Å². The van der Waals surface area contributed by atoms with Crippen LogP contribution in [0, 0.1) is 0 Å². The summed E-state index contributed by atoms with van der Waals surface area (Å²) in [5.74, 6) is -0.440. The van der Waals surface area contributed by atoms with Crippen LogP contribution in [0.1, 0.15) is 13.8 Å². The summed E-state index contributed by atoms with van der Waals surface area (Å²) in [4.78, 5) is 10.5. The first kappa shape index (κ1) is 9.69. The van der Waals surface area contributed by atoms with Gasteiger partial charge in [0.05, 0.1) is 6.26 Å². The summed E-state index contributed by atoms with van der Waals surface area (Å²) in [5, 5.41) is 0. The highest BCUT2D eigenvalue weighted by Crippen LogP contribution is 1.93. The first-order valence-corrected chi connectivity index (χ1v) is 3.33. The van der Waals surface area contributed by atoms with E-state index in [9.17, 15) is 4.79 Å². The van der Waals surface area contributed by atoms with Crippen molar-refractivity contribution in [2.45, 2.75) is 13.8 Å². The number of esters is 1. The van der Waals surface area contributed by atoms with Crippen LogP contribution in [0.3, 0.4) is 0 Å². The van der Waals surface area contributed by atoms with Gasteiger partial charge in [-0.15, -0.1) is 0 Å². The highest BCUT2D eigenvalue weighted by molar-refractivity contribution is 5.81. The van der Waals surface area contributed by atoms with E-state index in [4.69, 9.17) is 0 Å². The molecule has 60 valence electrons. The van der Waals surface area contributed by atoms with E-state index in [-0.39, 0.29) is 0 Å². The van der Waals surface area contributed by atoms with Gasteiger partial charge in [0.1, 0.15) is 0 Å². The van der Waals surface area contributed by atoms with Gasteiger partial charge in [0, 0.05) is 6.08 Å². The number of hydrogen-bond donors (Lipinski definition) is 0. The molecule has 0 aromatic rings. The van der Waals surface area contributed by atoms with E-state index < -0.39 is 5.97 Å². The van der Waals surface area contributed by atoms with Crippen LogP contribution < -0.4 is 0 Å². The summed E-state index contributed by atoms with van der Waals surface area (Å²) >= 11 is 0. The molecule has 0 saturated carbocycles. The predicted molar refractivity (Wildman–Crippen MR) is 44.9 cm³/mol. The van der Waals surface area contributed by atoms with Gasteiger partial charge in [0.15, 0.2) is 0 Å². The second kappa shape index (κ2) is 5.47. The van der Waals surface area contributed by atoms with Gasteiger partial charge in [0.2, 0.25) is 0 Å². The van der Waals surface area contributed by atoms with Gasteiger partial charge in [-0.1, -0.05) is 18.2 Å². The Bertz CT molecular complexity index is 200. The number of ether oxygens (including phenoxy) is 1. The largest absolute Gasteiger partial charge is 0.431 e. The van der Waals surface area contributed by atoms with Crippen LogP contribution in [0.5, 0.6) is 0 Å². The third-order valence-corrected chi connectivity index (χ3v) is 1.14. The molecule has 0 aromatic carbocycles. The summed E-state index contributed by atoms with van der Waals surface area (Å²) in [5.41, 5.74) is 1.04. The lowest BCUT2D eigenvalue weighted by molar-refractivity contribution is -0.132. The maximum absolute atomic E-state index is 10.5. The fourth-order valence-corrected chi connectivity index (χ4v) is 0.353. The maximum Gasteiger partial charge on any atom is 0.334 e. The molecule has 0 aliphatic heterocycles. The van der Waals surface area contributed by atoms with Crippen LogP contribution in [0.15, 0.2) is 36.6 Å². The van der Waals surface area contributed by atoms with Gasteiger partial charge in [-0.3, -0.25) is 0 Å². The Kier molecular flexibility index (Phi) is 4.82. The Hall–Kier alpha value is -1.31. The number of rotatable bonds is 3. The SMILES string of the molecule is C=CC(=O)OC=CC(C)=CC. The highest BCUT2D eigenvalue weighted by Gasteiger charge is 1.87. The average molecular weight is 152 g/mol. The number of hydrogen-bond acceptors (Lipinski definition) is 2. The van der Waals surface area contributed by atoms with Crippen molar-refractivity contribution >= 4 is 5.97 Å². The van der Waals surface area contributed by atoms with Crippen LogP contribution >= 0.6 is 0 Å². The minimum Gasteiger partial charge on any atom is -0.431 e. The third kappa shape index (κ3) is 5.15. The summed E-state index contributed by atoms with van der Waals surface area (Å²) in [6.45, 7) is 7.08. The number of carbonyl (C=O) groups excluding carboxylic acids is 1. The molecule has 0 fully saturated rings. The van der Waals surface area contributed by atoms with E-state index in [0.29, 0.717) is 0 Å². The van der Waals surface area contributed by atoms with Crippen molar-refractivity contribution in [1.82, 2.24) is 0 Å². The lowest BCUT2D eigenvalue weighted by atomic mass is 10.3. The Morgan fingerprint density at radius 2 is 2.18 bits per heavy atom. The van der Waals surface area contributed by atoms with Crippen LogP contribution in [0.25, 0.3) is 0 Å². The third-order valence-electron chi connectivity index (χ3n) is 1.14. The van der Waals surface area contributed by atoms with Crippen molar-refractivity contribution in [3.63, 3.8) is 0 Å². The summed E-state index contributed by atoms with van der Waals surface area (Å²) in [7, 11) is 0. The van der Waals surface area contributed by atoms with Gasteiger partial charge in [0.25, 0.3) is 0 Å². The number of allylic oxidation sites excluding steroid dienone is 3. The summed E-state index contributed by atoms with van der Waals surface area (Å²) in [6, 6.07) is 0. The molecule has 0 bridgehead atoms. The minimum atomic E-state index is -0.440. The molecular formula is C9H12O2. The Morgan fingerprint density at radius 1 is 1.55 bits per heavy atom. The van der Waals surface area contributed by atoms with E-state index in [2.05, 4.69) is 11.3 Å². The normalized spacial score (nSPS) is 11.6. The van der Waals surface area contributed by atoms with Crippen LogP contribution in [-0.4, -0.2) is 5.97 Å². The van der Waals surface area contributed by atoms with Crippen molar-refractivity contribution in [2.75, 3.05) is 0 Å². The fraction of sp³-hybridized carbons (Fsp3) is 0.222. The molecule has 0 amide bonds. The topological polar surface area (TPSA) is 26.3 Å². The van der Waals surface area contributed by atoms with E-state index >= 15 is 0 Å². The number of carbonyl (C=O) groups is 1. The maximum atomic E-state index is 10.5. The standard InChI is InChI=1S/C9H12O2/c1-4-8(3)6-7-11-9(10)5-2/h4-7H,2H2,1,3H3.